The fourth-order valence-electron chi connectivity index (χ4n) is 3.79. The van der Waals surface area contributed by atoms with Gasteiger partial charge in [-0.25, -0.2) is 4.79 Å². The lowest BCUT2D eigenvalue weighted by atomic mass is 9.98. The van der Waals surface area contributed by atoms with Crippen molar-refractivity contribution in [1.29, 1.82) is 0 Å². The monoisotopic (exact) mass is 532 g/mol. The molecule has 4 amide bonds. The van der Waals surface area contributed by atoms with E-state index in [-0.39, 0.29) is 25.2 Å². The number of aromatic nitrogens is 1. The first-order chi connectivity index (χ1) is 18.0. The summed E-state index contributed by atoms with van der Waals surface area (Å²) >= 11 is 0. The van der Waals surface area contributed by atoms with E-state index in [1.165, 1.54) is 0 Å². The molecule has 13 heteroatoms. The van der Waals surface area contributed by atoms with E-state index < -0.39 is 60.4 Å². The number of primary amides is 1. The number of nitrogens with two attached hydrogens (primary N) is 2. The van der Waals surface area contributed by atoms with E-state index in [4.69, 9.17) is 11.5 Å². The average Bonchev–Trinajstić information content (AvgIpc) is 3.30. The Kier molecular flexibility index (Phi) is 11.2. The van der Waals surface area contributed by atoms with E-state index in [1.54, 1.807) is 6.20 Å². The number of para-hydroxylation sites is 1. The molecule has 0 aliphatic rings. The summed E-state index contributed by atoms with van der Waals surface area (Å²) in [5.74, 6) is -4.63. The molecule has 13 nitrogen and oxygen atoms in total. The van der Waals surface area contributed by atoms with Gasteiger partial charge in [-0.2, -0.15) is 0 Å². The number of hydrogen-bond donors (Lipinski definition) is 8. The van der Waals surface area contributed by atoms with Crippen LogP contribution in [0.25, 0.3) is 10.9 Å². The first-order valence-electron chi connectivity index (χ1n) is 12.3. The molecular weight excluding hydrogens is 496 g/mol. The van der Waals surface area contributed by atoms with E-state index in [9.17, 15) is 34.2 Å². The largest absolute Gasteiger partial charge is 0.480 e. The predicted molar refractivity (Wildman–Crippen MR) is 138 cm³/mol. The third-order valence-corrected chi connectivity index (χ3v) is 6.40. The molecule has 0 radical (unpaired) electrons. The summed E-state index contributed by atoms with van der Waals surface area (Å²) in [5.41, 5.74) is 12.6. The van der Waals surface area contributed by atoms with Gasteiger partial charge in [0, 0.05) is 29.9 Å². The van der Waals surface area contributed by atoms with Crippen molar-refractivity contribution in [3.05, 3.63) is 36.0 Å². The molecule has 1 heterocycles. The number of carboxylic acid groups (broad SMARTS) is 1. The van der Waals surface area contributed by atoms with Crippen LogP contribution in [0.5, 0.6) is 0 Å². The number of H-pyrrole nitrogens is 1. The van der Waals surface area contributed by atoms with E-state index in [2.05, 4.69) is 20.9 Å². The number of amides is 4. The zero-order chi connectivity index (χ0) is 28.4. The molecule has 38 heavy (non-hydrogen) atoms. The lowest BCUT2D eigenvalue weighted by Gasteiger charge is -2.25. The van der Waals surface area contributed by atoms with Crippen molar-refractivity contribution >= 4 is 40.5 Å². The number of aliphatic hydroxyl groups excluding tert-OH is 1. The van der Waals surface area contributed by atoms with Gasteiger partial charge < -0.3 is 42.6 Å². The van der Waals surface area contributed by atoms with E-state index >= 15 is 0 Å². The maximum Gasteiger partial charge on any atom is 0.326 e. The first kappa shape index (κ1) is 30.3. The fraction of sp³-hybridized carbons (Fsp3) is 0.480. The average molecular weight is 533 g/mol. The van der Waals surface area contributed by atoms with Crippen molar-refractivity contribution in [2.45, 2.75) is 63.7 Å². The van der Waals surface area contributed by atoms with Crippen LogP contribution in [-0.4, -0.2) is 75.6 Å². The Morgan fingerprint density at radius 1 is 0.974 bits per heavy atom. The smallest absolute Gasteiger partial charge is 0.326 e. The van der Waals surface area contributed by atoms with Gasteiger partial charge in [0.15, 0.2) is 0 Å². The highest BCUT2D eigenvalue weighted by Crippen LogP contribution is 2.19. The van der Waals surface area contributed by atoms with Gasteiger partial charge in [-0.3, -0.25) is 19.2 Å². The molecule has 0 aliphatic carbocycles. The molecule has 1 aromatic carbocycles. The summed E-state index contributed by atoms with van der Waals surface area (Å²) < 4.78 is 0. The second-order valence-electron chi connectivity index (χ2n) is 9.18. The molecule has 0 bridgehead atoms. The molecule has 0 fully saturated rings. The number of carbonyl (C=O) groups is 5. The van der Waals surface area contributed by atoms with Crippen molar-refractivity contribution in [2.75, 3.05) is 6.61 Å². The normalized spacial score (nSPS) is 15.1. The maximum absolute atomic E-state index is 13.3. The summed E-state index contributed by atoms with van der Waals surface area (Å²) in [6, 6.07) is 2.35. The van der Waals surface area contributed by atoms with Crippen LogP contribution < -0.4 is 27.4 Å². The van der Waals surface area contributed by atoms with Crippen molar-refractivity contribution in [3.8, 4) is 0 Å². The molecule has 208 valence electrons. The molecule has 1 aromatic heterocycles. The van der Waals surface area contributed by atoms with Crippen LogP contribution in [0.1, 0.15) is 38.7 Å². The number of carbonyl (C=O) groups excluding carboxylic acids is 4. The van der Waals surface area contributed by atoms with Crippen molar-refractivity contribution in [2.24, 2.45) is 17.4 Å². The highest BCUT2D eigenvalue weighted by molar-refractivity contribution is 5.95. The van der Waals surface area contributed by atoms with Crippen LogP contribution >= 0.6 is 0 Å². The molecule has 0 saturated heterocycles. The third kappa shape index (κ3) is 8.28. The lowest BCUT2D eigenvalue weighted by molar-refractivity contribution is -0.143. The van der Waals surface area contributed by atoms with Gasteiger partial charge in [-0.1, -0.05) is 38.5 Å². The SMILES string of the molecule is CCC(C)C(N)C(=O)NC(Cc1c[nH]c2ccccc12)C(=O)NC(CO)C(=O)NC(CCC(N)=O)C(=O)O. The first-order valence-corrected chi connectivity index (χ1v) is 12.3. The van der Waals surface area contributed by atoms with Crippen molar-refractivity contribution < 1.29 is 34.2 Å². The number of hydrogen-bond acceptors (Lipinski definition) is 7. The van der Waals surface area contributed by atoms with Gasteiger partial charge in [0.25, 0.3) is 0 Å². The summed E-state index contributed by atoms with van der Waals surface area (Å²) in [6.07, 6.45) is 1.84. The molecule has 0 saturated carbocycles. The number of aliphatic hydroxyl groups is 1. The number of aliphatic carboxylic acids is 1. The van der Waals surface area contributed by atoms with Crippen LogP contribution in [0.4, 0.5) is 0 Å². The zero-order valence-corrected chi connectivity index (χ0v) is 21.4. The summed E-state index contributed by atoms with van der Waals surface area (Å²) in [5, 5.41) is 27.1. The summed E-state index contributed by atoms with van der Waals surface area (Å²) in [4.78, 5) is 64.3. The van der Waals surface area contributed by atoms with Crippen molar-refractivity contribution in [1.82, 2.24) is 20.9 Å². The zero-order valence-electron chi connectivity index (χ0n) is 21.4. The highest BCUT2D eigenvalue weighted by atomic mass is 16.4. The Hall–Kier alpha value is -3.97. The van der Waals surface area contributed by atoms with Crippen LogP contribution in [0.3, 0.4) is 0 Å². The Morgan fingerprint density at radius 3 is 2.18 bits per heavy atom. The number of nitrogens with one attached hydrogen (secondary N) is 4. The van der Waals surface area contributed by atoms with Gasteiger partial charge in [0.2, 0.25) is 23.6 Å². The maximum atomic E-state index is 13.3. The number of benzene rings is 1. The Balaban J connectivity index is 2.23. The minimum Gasteiger partial charge on any atom is -0.480 e. The number of rotatable bonds is 15. The Morgan fingerprint density at radius 2 is 1.58 bits per heavy atom. The van der Waals surface area contributed by atoms with Gasteiger partial charge in [-0.15, -0.1) is 0 Å². The predicted octanol–water partition coefficient (Wildman–Crippen LogP) is -1.12. The van der Waals surface area contributed by atoms with E-state index in [0.717, 1.165) is 16.5 Å². The van der Waals surface area contributed by atoms with Crippen LogP contribution in [-0.2, 0) is 30.4 Å². The summed E-state index contributed by atoms with van der Waals surface area (Å²) in [6.45, 7) is 2.84. The molecule has 5 atom stereocenters. The summed E-state index contributed by atoms with van der Waals surface area (Å²) in [7, 11) is 0. The van der Waals surface area contributed by atoms with Crippen LogP contribution in [0, 0.1) is 5.92 Å². The molecule has 0 aliphatic heterocycles. The van der Waals surface area contributed by atoms with E-state index in [0.29, 0.717) is 6.42 Å². The molecule has 5 unspecified atom stereocenters. The standard InChI is InChI=1S/C25H36N6O7/c1-3-13(2)21(27)24(36)30-18(10-14-11-28-16-7-5-4-6-15(14)16)22(34)31-19(12-32)23(35)29-17(25(37)38)8-9-20(26)33/h4-7,11,13,17-19,21,28,32H,3,8-10,12,27H2,1-2H3,(H2,26,33)(H,29,35)(H,30,36)(H,31,34)(H,37,38). The molecular formula is C25H36N6O7. The lowest BCUT2D eigenvalue weighted by Crippen LogP contribution is -2.59. The Labute approximate surface area is 219 Å². The second kappa shape index (κ2) is 14.1. The van der Waals surface area contributed by atoms with Gasteiger partial charge in [0.05, 0.1) is 12.6 Å². The molecule has 2 aromatic rings. The van der Waals surface area contributed by atoms with Crippen LogP contribution in [0.2, 0.25) is 0 Å². The van der Waals surface area contributed by atoms with Gasteiger partial charge in [-0.05, 0) is 24.0 Å². The molecule has 0 spiro atoms. The van der Waals surface area contributed by atoms with E-state index in [1.807, 2.05) is 38.1 Å². The van der Waals surface area contributed by atoms with Gasteiger partial charge in [0.1, 0.15) is 18.1 Å². The molecule has 2 rings (SSSR count). The molecule has 10 N–H and O–H groups in total. The minimum absolute atomic E-state index is 0.0466. The second-order valence-corrected chi connectivity index (χ2v) is 9.18. The fourth-order valence-corrected chi connectivity index (χ4v) is 3.79. The number of aromatic amines is 1. The highest BCUT2D eigenvalue weighted by Gasteiger charge is 2.31. The van der Waals surface area contributed by atoms with Gasteiger partial charge >= 0.3 is 5.97 Å². The Bertz CT molecular complexity index is 1150. The van der Waals surface area contributed by atoms with Crippen LogP contribution in [0.15, 0.2) is 30.5 Å². The quantitative estimate of drug-likeness (QED) is 0.140. The number of fused-ring (bicyclic) bond motifs is 1. The minimum atomic E-state index is -1.52. The third-order valence-electron chi connectivity index (χ3n) is 6.40. The van der Waals surface area contributed by atoms with Crippen molar-refractivity contribution in [3.63, 3.8) is 0 Å². The topological polar surface area (TPSA) is 230 Å². The number of carboxylic acids is 1.